The van der Waals surface area contributed by atoms with Gasteiger partial charge in [-0.3, -0.25) is 0 Å². The van der Waals surface area contributed by atoms with Crippen molar-refractivity contribution in [3.05, 3.63) is 35.3 Å². The maximum atomic E-state index is 11.9. The molecule has 1 rings (SSSR count). The number of hydrogen-bond donors (Lipinski definition) is 2. The van der Waals surface area contributed by atoms with Gasteiger partial charge in [0.15, 0.2) is 5.82 Å². The molecular weight excluding hydrogens is 332 g/mol. The Bertz CT molecular complexity index is 607. The van der Waals surface area contributed by atoms with Crippen LogP contribution in [0.4, 0.5) is 11.5 Å². The van der Waals surface area contributed by atoms with Crippen LogP contribution in [0, 0.1) is 6.92 Å². The smallest absolute Gasteiger partial charge is 0.311 e. The summed E-state index contributed by atoms with van der Waals surface area (Å²) in [5.41, 5.74) is 7.30. The molecule has 8 heteroatoms. The summed E-state index contributed by atoms with van der Waals surface area (Å²) < 4.78 is -0.150. The number of rotatable bonds is 9. The van der Waals surface area contributed by atoms with E-state index in [0.29, 0.717) is 17.9 Å². The van der Waals surface area contributed by atoms with Crippen molar-refractivity contribution in [3.8, 4) is 0 Å². The number of aryl methyl sites for hydroxylation is 1. The lowest BCUT2D eigenvalue weighted by Crippen LogP contribution is -2.43. The maximum Gasteiger partial charge on any atom is 0.311 e. The van der Waals surface area contributed by atoms with Crippen LogP contribution in [0.15, 0.2) is 29.5 Å². The average Bonchev–Trinajstić information content (AvgIpc) is 2.53. The minimum absolute atomic E-state index is 0.00700. The summed E-state index contributed by atoms with van der Waals surface area (Å²) in [5.74, 6) is 1.60. The number of aromatic nitrogens is 2. The Balaban J connectivity index is 3.32. The third kappa shape index (κ3) is 4.81. The lowest BCUT2D eigenvalue weighted by molar-refractivity contribution is -0.115. The quantitative estimate of drug-likeness (QED) is 0.231. The molecule has 23 heavy (non-hydrogen) atoms. The van der Waals surface area contributed by atoms with Gasteiger partial charge in [0.05, 0.1) is 18.1 Å². The second-order valence-corrected chi connectivity index (χ2v) is 7.44. The molecule has 126 valence electrons. The normalized spacial score (nSPS) is 14.8. The molecule has 0 spiro atoms. The number of carbonyl (C=O) groups is 1. The first-order valence-corrected chi connectivity index (χ1v) is 9.36. The van der Waals surface area contributed by atoms with Gasteiger partial charge in [0.2, 0.25) is 5.69 Å². The number of quaternary nitrogens is 1. The van der Waals surface area contributed by atoms with E-state index in [-0.39, 0.29) is 16.9 Å². The first-order chi connectivity index (χ1) is 10.9. The molecule has 1 unspecified atom stereocenters. The highest BCUT2D eigenvalue weighted by Crippen LogP contribution is 2.39. The molecule has 0 aromatic carbocycles. The fourth-order valence-electron chi connectivity index (χ4n) is 1.95. The van der Waals surface area contributed by atoms with Gasteiger partial charge in [0.1, 0.15) is 11.5 Å². The van der Waals surface area contributed by atoms with Crippen LogP contribution in [0.3, 0.4) is 0 Å². The molecule has 1 aromatic rings. The van der Waals surface area contributed by atoms with Crippen LogP contribution in [0.25, 0.3) is 0 Å². The fourth-order valence-corrected chi connectivity index (χ4v) is 4.28. The second kappa shape index (κ2) is 9.07. The van der Waals surface area contributed by atoms with Gasteiger partial charge in [0, 0.05) is 25.7 Å². The fraction of sp³-hybridized carbons (Fsp3) is 0.400. The molecule has 0 fully saturated rings. The first kappa shape index (κ1) is 19.7. The topological polar surface area (TPSA) is 89.1 Å². The highest BCUT2D eigenvalue weighted by molar-refractivity contribution is 8.78. The van der Waals surface area contributed by atoms with Crippen LogP contribution in [0.1, 0.15) is 19.2 Å². The largest absolute Gasteiger partial charge is 0.396 e. The van der Waals surface area contributed by atoms with Crippen molar-refractivity contribution in [2.24, 2.45) is 0 Å². The number of nitrogen functional groups attached to an aromatic ring is 1. The van der Waals surface area contributed by atoms with Gasteiger partial charge < -0.3 is 10.8 Å². The van der Waals surface area contributed by atoms with E-state index < -0.39 is 0 Å². The Labute approximate surface area is 144 Å². The van der Waals surface area contributed by atoms with Gasteiger partial charge in [-0.25, -0.2) is 19.2 Å². The van der Waals surface area contributed by atoms with Crippen molar-refractivity contribution in [2.45, 2.75) is 20.3 Å². The van der Waals surface area contributed by atoms with Crippen LogP contribution in [-0.4, -0.2) is 40.9 Å². The van der Waals surface area contributed by atoms with Crippen molar-refractivity contribution < 1.29 is 9.90 Å². The standard InChI is InChI=1S/C15H23N4O2S2/c1-5-8-22-23-14(6-7-20)11(2)19(4,10-21)13-9-17-12(3)18-15(13)16/h5,9-10,20H,1,6-8H2,2-4H3,(H2,16,17,18)/q+1. The zero-order chi connectivity index (χ0) is 17.5. The number of anilines is 1. The van der Waals surface area contributed by atoms with Crippen LogP contribution in [0.2, 0.25) is 0 Å². The number of aliphatic hydroxyl groups is 1. The summed E-state index contributed by atoms with van der Waals surface area (Å²) in [6.45, 7) is 7.30. The van der Waals surface area contributed by atoms with Gasteiger partial charge in [-0.1, -0.05) is 27.7 Å². The van der Waals surface area contributed by atoms with Crippen molar-refractivity contribution >= 4 is 39.5 Å². The molecule has 0 saturated heterocycles. The maximum absolute atomic E-state index is 11.9. The van der Waals surface area contributed by atoms with E-state index in [1.807, 2.05) is 13.0 Å². The van der Waals surface area contributed by atoms with Crippen LogP contribution < -0.4 is 10.2 Å². The van der Waals surface area contributed by atoms with Crippen molar-refractivity contribution in [1.29, 1.82) is 0 Å². The van der Waals surface area contributed by atoms with Gasteiger partial charge in [-0.15, -0.1) is 6.58 Å². The van der Waals surface area contributed by atoms with E-state index in [4.69, 9.17) is 5.73 Å². The van der Waals surface area contributed by atoms with Gasteiger partial charge >= 0.3 is 6.41 Å². The van der Waals surface area contributed by atoms with Crippen LogP contribution in [0.5, 0.6) is 0 Å². The Hall–Kier alpha value is -1.35. The zero-order valence-electron chi connectivity index (χ0n) is 13.7. The van der Waals surface area contributed by atoms with E-state index in [1.54, 1.807) is 31.0 Å². The van der Waals surface area contributed by atoms with E-state index >= 15 is 0 Å². The molecular formula is C15H23N4O2S2+. The van der Waals surface area contributed by atoms with E-state index in [9.17, 15) is 9.90 Å². The number of allylic oxidation sites excluding steroid dienone is 1. The summed E-state index contributed by atoms with van der Waals surface area (Å²) in [6, 6.07) is 0. The van der Waals surface area contributed by atoms with Gasteiger partial charge in [0.25, 0.3) is 0 Å². The zero-order valence-corrected chi connectivity index (χ0v) is 15.3. The Kier molecular flexibility index (Phi) is 7.77. The third-order valence-corrected chi connectivity index (χ3v) is 5.97. The number of nitrogens with two attached hydrogens (primary N) is 1. The minimum Gasteiger partial charge on any atom is -0.396 e. The number of carbonyl (C=O) groups excluding carboxylic acids is 1. The van der Waals surface area contributed by atoms with Crippen LogP contribution >= 0.6 is 21.6 Å². The summed E-state index contributed by atoms with van der Waals surface area (Å²) >= 11 is 0. The highest BCUT2D eigenvalue weighted by atomic mass is 33.1. The number of aliphatic hydroxyl groups excluding tert-OH is 1. The van der Waals surface area contributed by atoms with E-state index in [2.05, 4.69) is 16.5 Å². The predicted octanol–water partition coefficient (Wildman–Crippen LogP) is 2.64. The summed E-state index contributed by atoms with van der Waals surface area (Å²) in [5, 5.41) is 9.32. The molecule has 0 aliphatic carbocycles. The molecule has 0 aliphatic heterocycles. The molecule has 1 atom stereocenters. The summed E-state index contributed by atoms with van der Waals surface area (Å²) in [7, 11) is 4.87. The molecule has 1 heterocycles. The summed E-state index contributed by atoms with van der Waals surface area (Å²) in [4.78, 5) is 21.1. The Morgan fingerprint density at radius 1 is 1.57 bits per heavy atom. The second-order valence-electron chi connectivity index (χ2n) is 5.01. The van der Waals surface area contributed by atoms with Crippen LogP contribution in [-0.2, 0) is 4.79 Å². The number of hydrogen-bond acceptors (Lipinski definition) is 7. The van der Waals surface area contributed by atoms with Crippen molar-refractivity contribution in [2.75, 3.05) is 25.1 Å². The molecule has 0 bridgehead atoms. The highest BCUT2D eigenvalue weighted by Gasteiger charge is 2.33. The van der Waals surface area contributed by atoms with Gasteiger partial charge in [-0.2, -0.15) is 0 Å². The van der Waals surface area contributed by atoms with E-state index in [0.717, 1.165) is 22.8 Å². The Morgan fingerprint density at radius 2 is 2.26 bits per heavy atom. The lowest BCUT2D eigenvalue weighted by atomic mass is 10.2. The Morgan fingerprint density at radius 3 is 2.78 bits per heavy atom. The van der Waals surface area contributed by atoms with Crippen molar-refractivity contribution in [3.63, 3.8) is 0 Å². The molecule has 6 nitrogen and oxygen atoms in total. The SMILES string of the molecule is C=CCSSC(CCO)=C(C)[N+](C)(C=O)c1cnc(C)nc1N. The third-order valence-electron chi connectivity index (χ3n) is 3.41. The molecule has 0 aliphatic rings. The molecule has 1 amide bonds. The number of amides is 1. The molecule has 0 saturated carbocycles. The monoisotopic (exact) mass is 355 g/mol. The first-order valence-electron chi connectivity index (χ1n) is 7.04. The molecule has 1 aromatic heterocycles. The average molecular weight is 356 g/mol. The molecule has 0 radical (unpaired) electrons. The number of nitrogens with zero attached hydrogens (tertiary/aromatic N) is 3. The lowest BCUT2D eigenvalue weighted by Gasteiger charge is -2.28. The van der Waals surface area contributed by atoms with Gasteiger partial charge in [-0.05, 0) is 6.92 Å². The minimum atomic E-state index is -0.150. The van der Waals surface area contributed by atoms with E-state index in [1.165, 1.54) is 10.8 Å². The predicted molar refractivity (Wildman–Crippen MR) is 99.6 cm³/mol. The van der Waals surface area contributed by atoms with Crippen molar-refractivity contribution in [1.82, 2.24) is 14.5 Å². The summed E-state index contributed by atoms with van der Waals surface area (Å²) in [6.07, 6.45) is 4.65. The molecule has 3 N–H and O–H groups in total.